The van der Waals surface area contributed by atoms with E-state index in [1.165, 1.54) is 18.4 Å². The van der Waals surface area contributed by atoms with E-state index < -0.39 is 0 Å². The van der Waals surface area contributed by atoms with Crippen molar-refractivity contribution in [2.75, 3.05) is 26.2 Å². The van der Waals surface area contributed by atoms with Crippen LogP contribution in [0.25, 0.3) is 0 Å². The molecule has 3 nitrogen and oxygen atoms in total. The molecular weight excluding hydrogens is 272 g/mol. The molecule has 2 atom stereocenters. The first-order valence-corrected chi connectivity index (χ1v) is 8.80. The summed E-state index contributed by atoms with van der Waals surface area (Å²) >= 11 is 0. The van der Waals surface area contributed by atoms with Crippen molar-refractivity contribution in [2.24, 2.45) is 11.8 Å². The van der Waals surface area contributed by atoms with Crippen LogP contribution in [0.15, 0.2) is 30.3 Å². The Morgan fingerprint density at radius 1 is 1.05 bits per heavy atom. The van der Waals surface area contributed by atoms with Gasteiger partial charge in [-0.1, -0.05) is 50.1 Å². The van der Waals surface area contributed by atoms with Crippen molar-refractivity contribution in [3.05, 3.63) is 35.9 Å². The summed E-state index contributed by atoms with van der Waals surface area (Å²) in [6.07, 6.45) is 4.17. The zero-order valence-corrected chi connectivity index (χ0v) is 13.7. The summed E-state index contributed by atoms with van der Waals surface area (Å²) in [6.45, 7) is 7.52. The molecule has 0 N–H and O–H groups in total. The van der Waals surface area contributed by atoms with Crippen LogP contribution in [0.4, 0.5) is 0 Å². The van der Waals surface area contributed by atoms with Crippen molar-refractivity contribution in [3.8, 4) is 0 Å². The highest BCUT2D eigenvalue weighted by molar-refractivity contribution is 5.76. The van der Waals surface area contributed by atoms with Crippen LogP contribution in [0, 0.1) is 11.8 Å². The Labute approximate surface area is 134 Å². The normalized spacial score (nSPS) is 24.7. The molecule has 2 fully saturated rings. The summed E-state index contributed by atoms with van der Waals surface area (Å²) < 4.78 is 0. The number of carbonyl (C=O) groups excluding carboxylic acids is 1. The van der Waals surface area contributed by atoms with Crippen LogP contribution < -0.4 is 0 Å². The van der Waals surface area contributed by atoms with Gasteiger partial charge in [0.15, 0.2) is 0 Å². The minimum atomic E-state index is 0.387. The molecule has 120 valence electrons. The molecule has 2 heterocycles. The smallest absolute Gasteiger partial charge is 0.222 e. The quantitative estimate of drug-likeness (QED) is 0.754. The Balaban J connectivity index is 1.45. The lowest BCUT2D eigenvalue weighted by Crippen LogP contribution is -2.33. The Kier molecular flexibility index (Phi) is 5.14. The van der Waals surface area contributed by atoms with E-state index in [0.29, 0.717) is 17.7 Å². The third-order valence-corrected chi connectivity index (χ3v) is 5.16. The summed E-state index contributed by atoms with van der Waals surface area (Å²) in [5.74, 6) is 1.77. The second-order valence-electron chi connectivity index (χ2n) is 6.96. The largest absolute Gasteiger partial charge is 0.342 e. The summed E-state index contributed by atoms with van der Waals surface area (Å²) in [5, 5.41) is 0. The molecule has 22 heavy (non-hydrogen) atoms. The van der Waals surface area contributed by atoms with E-state index in [2.05, 4.69) is 47.1 Å². The minimum absolute atomic E-state index is 0.387. The molecule has 1 aromatic carbocycles. The van der Waals surface area contributed by atoms with Crippen LogP contribution in [0.3, 0.4) is 0 Å². The van der Waals surface area contributed by atoms with Gasteiger partial charge in [-0.3, -0.25) is 9.69 Å². The predicted molar refractivity (Wildman–Crippen MR) is 89.4 cm³/mol. The third kappa shape index (κ3) is 3.70. The Morgan fingerprint density at radius 2 is 1.73 bits per heavy atom. The molecule has 0 unspecified atom stereocenters. The van der Waals surface area contributed by atoms with E-state index >= 15 is 0 Å². The average Bonchev–Trinajstić information content (AvgIpc) is 3.07. The highest BCUT2D eigenvalue weighted by atomic mass is 16.2. The topological polar surface area (TPSA) is 23.6 Å². The molecule has 3 heteroatoms. The number of amides is 1. The zero-order valence-electron chi connectivity index (χ0n) is 13.7. The lowest BCUT2D eigenvalue weighted by Gasteiger charge is -2.21. The van der Waals surface area contributed by atoms with E-state index in [1.54, 1.807) is 0 Å². The van der Waals surface area contributed by atoms with Gasteiger partial charge in [0.05, 0.1) is 0 Å². The van der Waals surface area contributed by atoms with Crippen molar-refractivity contribution in [1.82, 2.24) is 9.80 Å². The second-order valence-corrected chi connectivity index (χ2v) is 6.96. The molecule has 2 aliphatic heterocycles. The lowest BCUT2D eigenvalue weighted by molar-refractivity contribution is -0.130. The van der Waals surface area contributed by atoms with Crippen molar-refractivity contribution in [3.63, 3.8) is 0 Å². The van der Waals surface area contributed by atoms with Gasteiger partial charge in [-0.2, -0.15) is 0 Å². The fraction of sp³-hybridized carbons (Fsp3) is 0.632. The van der Waals surface area contributed by atoms with Gasteiger partial charge in [0.1, 0.15) is 0 Å². The summed E-state index contributed by atoms with van der Waals surface area (Å²) in [4.78, 5) is 16.9. The van der Waals surface area contributed by atoms with E-state index in [1.807, 2.05) is 0 Å². The molecule has 0 bridgehead atoms. The van der Waals surface area contributed by atoms with Crippen LogP contribution in [-0.4, -0.2) is 41.9 Å². The molecule has 0 aromatic heterocycles. The van der Waals surface area contributed by atoms with Crippen molar-refractivity contribution in [2.45, 2.75) is 39.2 Å². The van der Waals surface area contributed by atoms with Crippen LogP contribution in [0.2, 0.25) is 0 Å². The highest BCUT2D eigenvalue weighted by Gasteiger charge is 2.41. The van der Waals surface area contributed by atoms with Gasteiger partial charge in [-0.15, -0.1) is 0 Å². The Bertz CT molecular complexity index is 473. The van der Waals surface area contributed by atoms with Crippen LogP contribution >= 0.6 is 0 Å². The average molecular weight is 300 g/mol. The molecule has 0 saturated carbocycles. The monoisotopic (exact) mass is 300 g/mol. The zero-order chi connectivity index (χ0) is 15.4. The number of benzene rings is 1. The SMILES string of the molecule is CCCCCC(=O)N1C[C@H]2CN(Cc3ccccc3)C[C@@H]2C1. The maximum atomic E-state index is 12.2. The first kappa shape index (κ1) is 15.5. The predicted octanol–water partition coefficient (Wildman–Crippen LogP) is 3.16. The molecular formula is C19H28N2O. The molecule has 0 spiro atoms. The minimum Gasteiger partial charge on any atom is -0.342 e. The van der Waals surface area contributed by atoms with E-state index in [4.69, 9.17) is 0 Å². The van der Waals surface area contributed by atoms with Crippen LogP contribution in [0.1, 0.15) is 38.2 Å². The van der Waals surface area contributed by atoms with Gasteiger partial charge >= 0.3 is 0 Å². The van der Waals surface area contributed by atoms with E-state index in [-0.39, 0.29) is 0 Å². The third-order valence-electron chi connectivity index (χ3n) is 5.16. The number of carbonyl (C=O) groups is 1. The number of hydrogen-bond donors (Lipinski definition) is 0. The van der Waals surface area contributed by atoms with Gasteiger partial charge in [-0.05, 0) is 23.8 Å². The molecule has 2 aliphatic rings. The van der Waals surface area contributed by atoms with Gasteiger partial charge in [0, 0.05) is 39.1 Å². The van der Waals surface area contributed by atoms with Gasteiger partial charge in [0.2, 0.25) is 5.91 Å². The lowest BCUT2D eigenvalue weighted by atomic mass is 10.0. The fourth-order valence-electron chi connectivity index (χ4n) is 3.95. The van der Waals surface area contributed by atoms with Gasteiger partial charge in [-0.25, -0.2) is 0 Å². The molecule has 0 radical (unpaired) electrons. The number of likely N-dealkylation sites (tertiary alicyclic amines) is 2. The number of fused-ring (bicyclic) bond motifs is 1. The molecule has 2 saturated heterocycles. The second kappa shape index (κ2) is 7.28. The number of nitrogens with zero attached hydrogens (tertiary/aromatic N) is 2. The molecule has 1 aromatic rings. The summed E-state index contributed by atoms with van der Waals surface area (Å²) in [7, 11) is 0. The first-order valence-electron chi connectivity index (χ1n) is 8.80. The van der Waals surface area contributed by atoms with Crippen LogP contribution in [0.5, 0.6) is 0 Å². The Hall–Kier alpha value is -1.35. The van der Waals surface area contributed by atoms with Gasteiger partial charge < -0.3 is 4.90 Å². The Morgan fingerprint density at radius 3 is 2.36 bits per heavy atom. The van der Waals surface area contributed by atoms with E-state index in [0.717, 1.165) is 45.6 Å². The van der Waals surface area contributed by atoms with Crippen LogP contribution in [-0.2, 0) is 11.3 Å². The molecule has 0 aliphatic carbocycles. The van der Waals surface area contributed by atoms with Crippen molar-refractivity contribution < 1.29 is 4.79 Å². The van der Waals surface area contributed by atoms with E-state index in [9.17, 15) is 4.79 Å². The van der Waals surface area contributed by atoms with Crippen molar-refractivity contribution in [1.29, 1.82) is 0 Å². The maximum Gasteiger partial charge on any atom is 0.222 e. The van der Waals surface area contributed by atoms with Crippen molar-refractivity contribution >= 4 is 5.91 Å². The first-order chi connectivity index (χ1) is 10.8. The number of unbranched alkanes of at least 4 members (excludes halogenated alkanes) is 2. The summed E-state index contributed by atoms with van der Waals surface area (Å²) in [6, 6.07) is 10.7. The fourth-order valence-corrected chi connectivity index (χ4v) is 3.95. The number of hydrogen-bond acceptors (Lipinski definition) is 2. The molecule has 3 rings (SSSR count). The molecule has 1 amide bonds. The summed E-state index contributed by atoms with van der Waals surface area (Å²) in [5.41, 5.74) is 1.40. The highest BCUT2D eigenvalue weighted by Crippen LogP contribution is 2.32. The number of rotatable bonds is 6. The van der Waals surface area contributed by atoms with Gasteiger partial charge in [0.25, 0.3) is 0 Å². The standard InChI is InChI=1S/C19H28N2O/c1-2-3-5-10-19(22)21-14-17-12-20(13-18(17)15-21)11-16-8-6-4-7-9-16/h4,6-9,17-18H,2-3,5,10-15H2,1H3/t17-,18-/m1/s1. The maximum absolute atomic E-state index is 12.2.